The first-order valence-corrected chi connectivity index (χ1v) is 10.3. The molecular formula is C19H24N2O6S. The summed E-state index contributed by atoms with van der Waals surface area (Å²) >= 11 is 0. The molecule has 9 heteroatoms. The van der Waals surface area contributed by atoms with Crippen LogP contribution in [0.25, 0.3) is 0 Å². The molecule has 0 radical (unpaired) electrons. The third-order valence-corrected chi connectivity index (χ3v) is 5.13. The zero-order valence-corrected chi connectivity index (χ0v) is 16.8. The number of rotatable bonds is 9. The van der Waals surface area contributed by atoms with Gasteiger partial charge in [0.1, 0.15) is 5.76 Å². The van der Waals surface area contributed by atoms with Crippen LogP contribution in [0.1, 0.15) is 36.9 Å². The molecule has 2 aromatic rings. The van der Waals surface area contributed by atoms with Crippen molar-refractivity contribution < 1.29 is 27.2 Å². The largest absolute Gasteiger partial charge is 0.468 e. The van der Waals surface area contributed by atoms with E-state index in [0.717, 1.165) is 0 Å². The fourth-order valence-corrected chi connectivity index (χ4v) is 3.22. The predicted molar refractivity (Wildman–Crippen MR) is 102 cm³/mol. The van der Waals surface area contributed by atoms with Gasteiger partial charge in [-0.1, -0.05) is 19.9 Å². The lowest BCUT2D eigenvalue weighted by molar-refractivity contribution is -0.129. The highest BCUT2D eigenvalue weighted by atomic mass is 32.2. The first-order valence-electron chi connectivity index (χ1n) is 8.80. The molecule has 152 valence electrons. The van der Waals surface area contributed by atoms with Crippen molar-refractivity contribution in [3.05, 3.63) is 54.0 Å². The summed E-state index contributed by atoms with van der Waals surface area (Å²) in [6.07, 6.45) is 0.447. The molecule has 1 atom stereocenters. The van der Waals surface area contributed by atoms with Crippen LogP contribution in [0.5, 0.6) is 0 Å². The number of hydrogen-bond acceptors (Lipinski definition) is 6. The van der Waals surface area contributed by atoms with E-state index >= 15 is 0 Å². The van der Waals surface area contributed by atoms with Crippen molar-refractivity contribution in [3.63, 3.8) is 0 Å². The lowest BCUT2D eigenvalue weighted by Gasteiger charge is -2.15. The van der Waals surface area contributed by atoms with Crippen LogP contribution in [0.2, 0.25) is 0 Å². The number of nitrogens with one attached hydrogen (secondary N) is 2. The Hall–Kier alpha value is -2.65. The first-order chi connectivity index (χ1) is 13.2. The van der Waals surface area contributed by atoms with E-state index in [2.05, 4.69) is 10.0 Å². The molecule has 0 saturated heterocycles. The maximum Gasteiger partial charge on any atom is 0.338 e. The number of carbonyl (C=O) groups excluding carboxylic acids is 2. The Morgan fingerprint density at radius 3 is 2.54 bits per heavy atom. The number of ether oxygens (including phenoxy) is 1. The molecule has 2 N–H and O–H groups in total. The molecule has 1 unspecified atom stereocenters. The number of benzene rings is 1. The van der Waals surface area contributed by atoms with Crippen molar-refractivity contribution in [3.8, 4) is 0 Å². The van der Waals surface area contributed by atoms with Crippen molar-refractivity contribution >= 4 is 21.9 Å². The number of furan rings is 1. The zero-order valence-electron chi connectivity index (χ0n) is 16.0. The monoisotopic (exact) mass is 408 g/mol. The molecule has 28 heavy (non-hydrogen) atoms. The SMILES string of the molecule is CC(C)CNC(=O)C(C)OC(=O)c1cccc(S(=O)(=O)NCc2ccco2)c1. The molecule has 1 heterocycles. The van der Waals surface area contributed by atoms with Crippen LogP contribution in [-0.2, 0) is 26.1 Å². The molecule has 1 amide bonds. The summed E-state index contributed by atoms with van der Waals surface area (Å²) in [4.78, 5) is 24.1. The summed E-state index contributed by atoms with van der Waals surface area (Å²) in [7, 11) is -3.85. The molecule has 0 aliphatic rings. The standard InChI is InChI=1S/C19H24N2O6S/c1-13(2)11-20-18(22)14(3)27-19(23)15-6-4-8-17(10-15)28(24,25)21-12-16-7-5-9-26-16/h4-10,13-14,21H,11-12H2,1-3H3,(H,20,22). The minimum atomic E-state index is -3.85. The highest BCUT2D eigenvalue weighted by molar-refractivity contribution is 7.89. The maximum absolute atomic E-state index is 12.4. The minimum absolute atomic E-state index is 0.0168. The summed E-state index contributed by atoms with van der Waals surface area (Å²) in [6.45, 7) is 5.80. The van der Waals surface area contributed by atoms with Gasteiger partial charge in [0.2, 0.25) is 10.0 Å². The molecule has 1 aromatic heterocycles. The molecule has 1 aromatic carbocycles. The highest BCUT2D eigenvalue weighted by Crippen LogP contribution is 2.14. The Morgan fingerprint density at radius 2 is 1.89 bits per heavy atom. The van der Waals surface area contributed by atoms with E-state index < -0.39 is 28.0 Å². The maximum atomic E-state index is 12.4. The highest BCUT2D eigenvalue weighted by Gasteiger charge is 2.21. The Kier molecular flexibility index (Phi) is 7.36. The Labute approximate surface area is 164 Å². The van der Waals surface area contributed by atoms with E-state index in [1.54, 1.807) is 12.1 Å². The third-order valence-electron chi connectivity index (χ3n) is 3.73. The van der Waals surface area contributed by atoms with E-state index in [9.17, 15) is 18.0 Å². The van der Waals surface area contributed by atoms with Gasteiger partial charge < -0.3 is 14.5 Å². The van der Waals surface area contributed by atoms with E-state index in [4.69, 9.17) is 9.15 Å². The zero-order chi connectivity index (χ0) is 20.7. The molecule has 8 nitrogen and oxygen atoms in total. The fraction of sp³-hybridized carbons (Fsp3) is 0.368. The average Bonchev–Trinajstić information content (AvgIpc) is 3.18. The van der Waals surface area contributed by atoms with Gasteiger partial charge >= 0.3 is 5.97 Å². The smallest absolute Gasteiger partial charge is 0.338 e. The van der Waals surface area contributed by atoms with Crippen molar-refractivity contribution in [2.24, 2.45) is 5.92 Å². The summed E-state index contributed by atoms with van der Waals surface area (Å²) in [5.74, 6) is -0.469. The number of hydrogen-bond donors (Lipinski definition) is 2. The van der Waals surface area contributed by atoms with Crippen LogP contribution >= 0.6 is 0 Å². The van der Waals surface area contributed by atoms with Crippen molar-refractivity contribution in [1.29, 1.82) is 0 Å². The predicted octanol–water partition coefficient (Wildman–Crippen LogP) is 2.08. The van der Waals surface area contributed by atoms with Crippen molar-refractivity contribution in [1.82, 2.24) is 10.0 Å². The van der Waals surface area contributed by atoms with Crippen molar-refractivity contribution in [2.75, 3.05) is 6.54 Å². The quantitative estimate of drug-likeness (QED) is 0.614. The van der Waals surface area contributed by atoms with Crippen molar-refractivity contribution in [2.45, 2.75) is 38.3 Å². The lowest BCUT2D eigenvalue weighted by Crippen LogP contribution is -2.37. The molecule has 0 aliphatic carbocycles. The Bertz CT molecular complexity index is 906. The number of esters is 1. The number of sulfonamides is 1. The van der Waals surface area contributed by atoms with E-state index in [0.29, 0.717) is 12.3 Å². The van der Waals surface area contributed by atoms with Crippen LogP contribution in [-0.4, -0.2) is 32.9 Å². The second kappa shape index (κ2) is 9.52. The van der Waals surface area contributed by atoms with Gasteiger partial charge in [-0.2, -0.15) is 0 Å². The average molecular weight is 408 g/mol. The van der Waals surface area contributed by atoms with Gasteiger partial charge in [0.15, 0.2) is 6.10 Å². The fourth-order valence-electron chi connectivity index (χ4n) is 2.18. The van der Waals surface area contributed by atoms with Gasteiger partial charge in [-0.05, 0) is 43.2 Å². The molecule has 2 rings (SSSR count). The molecule has 0 spiro atoms. The Balaban J connectivity index is 2.02. The van der Waals surface area contributed by atoms with E-state index in [1.807, 2.05) is 13.8 Å². The van der Waals surface area contributed by atoms with Crippen LogP contribution in [0.3, 0.4) is 0 Å². The van der Waals surface area contributed by atoms with E-state index in [-0.39, 0.29) is 22.9 Å². The third kappa shape index (κ3) is 6.21. The molecular weight excluding hydrogens is 384 g/mol. The van der Waals surface area contributed by atoms with Gasteiger partial charge in [0.05, 0.1) is 23.3 Å². The van der Waals surface area contributed by atoms with Crippen LogP contribution in [0.15, 0.2) is 52.0 Å². The molecule has 0 aliphatic heterocycles. The number of carbonyl (C=O) groups is 2. The lowest BCUT2D eigenvalue weighted by atomic mass is 10.2. The molecule has 0 saturated carbocycles. The van der Waals surface area contributed by atoms with Gasteiger partial charge in [-0.3, -0.25) is 4.79 Å². The van der Waals surface area contributed by atoms with E-state index in [1.165, 1.54) is 37.5 Å². The van der Waals surface area contributed by atoms with Gasteiger partial charge in [0, 0.05) is 6.54 Å². The summed E-state index contributed by atoms with van der Waals surface area (Å²) < 4.78 is 37.4. The normalized spacial score (nSPS) is 12.6. The summed E-state index contributed by atoms with van der Waals surface area (Å²) in [5, 5.41) is 2.67. The molecule has 0 fully saturated rings. The van der Waals surface area contributed by atoms with Gasteiger partial charge in [0.25, 0.3) is 5.91 Å². The molecule has 0 bridgehead atoms. The van der Waals surface area contributed by atoms with Gasteiger partial charge in [-0.25, -0.2) is 17.9 Å². The van der Waals surface area contributed by atoms with Crippen LogP contribution < -0.4 is 10.0 Å². The van der Waals surface area contributed by atoms with Crippen LogP contribution in [0.4, 0.5) is 0 Å². The summed E-state index contributed by atoms with van der Waals surface area (Å²) in [5.41, 5.74) is 0.0318. The number of amides is 1. The topological polar surface area (TPSA) is 115 Å². The Morgan fingerprint density at radius 1 is 1.14 bits per heavy atom. The summed E-state index contributed by atoms with van der Waals surface area (Å²) in [6, 6.07) is 8.71. The van der Waals surface area contributed by atoms with Crippen LogP contribution in [0, 0.1) is 5.92 Å². The second-order valence-electron chi connectivity index (χ2n) is 6.62. The first kappa shape index (κ1) is 21.6. The minimum Gasteiger partial charge on any atom is -0.468 e. The second-order valence-corrected chi connectivity index (χ2v) is 8.39. The van der Waals surface area contributed by atoms with Gasteiger partial charge in [-0.15, -0.1) is 0 Å².